The average Bonchev–Trinajstić information content (AvgIpc) is 2.86. The van der Waals surface area contributed by atoms with Crippen molar-refractivity contribution in [2.75, 3.05) is 20.1 Å². The maximum atomic E-state index is 4.88. The van der Waals surface area contributed by atoms with Crippen LogP contribution in [0.3, 0.4) is 0 Å². The molecule has 0 saturated carbocycles. The molecule has 0 spiro atoms. The Hall–Kier alpha value is -1.39. The molecule has 3 rings (SSSR count). The highest BCUT2D eigenvalue weighted by molar-refractivity contribution is 5.75. The molecule has 0 amide bonds. The number of para-hydroxylation sites is 2. The summed E-state index contributed by atoms with van der Waals surface area (Å²) in [7, 11) is 2.07. The van der Waals surface area contributed by atoms with Crippen LogP contribution >= 0.6 is 0 Å². The molecule has 0 aliphatic carbocycles. The van der Waals surface area contributed by atoms with Gasteiger partial charge in [0.1, 0.15) is 5.82 Å². The first-order valence-corrected chi connectivity index (χ1v) is 8.15. The van der Waals surface area contributed by atoms with Gasteiger partial charge < -0.3 is 9.88 Å². The minimum Gasteiger partial charge on any atom is -0.327 e. The number of benzene rings is 1. The van der Waals surface area contributed by atoms with Crippen LogP contribution in [0.2, 0.25) is 0 Å². The van der Waals surface area contributed by atoms with Crippen molar-refractivity contribution < 1.29 is 0 Å². The van der Waals surface area contributed by atoms with Gasteiger partial charge in [0, 0.05) is 19.1 Å². The number of nitrogens with zero attached hydrogens (tertiary/aromatic N) is 3. The number of likely N-dealkylation sites (N-methyl/N-ethyl adjacent to an activating group) is 1. The van der Waals surface area contributed by atoms with Crippen molar-refractivity contribution in [3.05, 3.63) is 30.1 Å². The quantitative estimate of drug-likeness (QED) is 0.917. The molecular formula is C17H26N4. The van der Waals surface area contributed by atoms with E-state index in [-0.39, 0.29) is 0 Å². The third-order valence-electron chi connectivity index (χ3n) is 4.46. The second kappa shape index (κ2) is 6.58. The van der Waals surface area contributed by atoms with Crippen molar-refractivity contribution in [1.29, 1.82) is 0 Å². The van der Waals surface area contributed by atoms with Crippen LogP contribution < -0.4 is 5.32 Å². The number of aryl methyl sites for hydroxylation is 1. The summed E-state index contributed by atoms with van der Waals surface area (Å²) in [5.41, 5.74) is 2.40. The molecule has 2 heterocycles. The molecule has 1 aromatic carbocycles. The Kier molecular flexibility index (Phi) is 4.56. The summed E-state index contributed by atoms with van der Waals surface area (Å²) in [5.74, 6) is 1.22. The van der Waals surface area contributed by atoms with E-state index in [2.05, 4.69) is 53.0 Å². The largest absolute Gasteiger partial charge is 0.327 e. The summed E-state index contributed by atoms with van der Waals surface area (Å²) in [5, 5.41) is 3.42. The topological polar surface area (TPSA) is 33.1 Å². The van der Waals surface area contributed by atoms with E-state index in [1.165, 1.54) is 30.7 Å². The van der Waals surface area contributed by atoms with Gasteiger partial charge in [0.25, 0.3) is 0 Å². The Morgan fingerprint density at radius 2 is 2.19 bits per heavy atom. The van der Waals surface area contributed by atoms with Crippen molar-refractivity contribution in [2.45, 2.75) is 45.3 Å². The second-order valence-corrected chi connectivity index (χ2v) is 6.03. The number of rotatable bonds is 5. The second-order valence-electron chi connectivity index (χ2n) is 6.03. The maximum Gasteiger partial charge on any atom is 0.124 e. The smallest absolute Gasteiger partial charge is 0.124 e. The van der Waals surface area contributed by atoms with Gasteiger partial charge in [-0.1, -0.05) is 19.1 Å². The first kappa shape index (κ1) is 14.5. The van der Waals surface area contributed by atoms with E-state index in [0.717, 1.165) is 31.6 Å². The first-order valence-electron chi connectivity index (χ1n) is 8.15. The number of fused-ring (bicyclic) bond motifs is 1. The molecule has 21 heavy (non-hydrogen) atoms. The number of hydrogen-bond donors (Lipinski definition) is 1. The fourth-order valence-electron chi connectivity index (χ4n) is 3.35. The van der Waals surface area contributed by atoms with E-state index >= 15 is 0 Å². The predicted molar refractivity (Wildman–Crippen MR) is 87.4 cm³/mol. The van der Waals surface area contributed by atoms with Gasteiger partial charge in [0.05, 0.1) is 17.6 Å². The molecule has 1 unspecified atom stereocenters. The van der Waals surface area contributed by atoms with Crippen LogP contribution in [0.25, 0.3) is 11.0 Å². The van der Waals surface area contributed by atoms with Crippen LogP contribution in [-0.2, 0) is 13.1 Å². The summed E-state index contributed by atoms with van der Waals surface area (Å²) >= 11 is 0. The fourth-order valence-corrected chi connectivity index (χ4v) is 3.35. The molecule has 1 N–H and O–H groups in total. The lowest BCUT2D eigenvalue weighted by Crippen LogP contribution is -2.44. The van der Waals surface area contributed by atoms with Gasteiger partial charge in [-0.05, 0) is 45.0 Å². The van der Waals surface area contributed by atoms with Crippen LogP contribution in [0.4, 0.5) is 0 Å². The summed E-state index contributed by atoms with van der Waals surface area (Å²) in [4.78, 5) is 7.42. The molecule has 1 aromatic heterocycles. The number of hydrogen-bond acceptors (Lipinski definition) is 3. The molecule has 1 aliphatic rings. The average molecular weight is 286 g/mol. The number of aromatic nitrogens is 2. The Bertz CT molecular complexity index is 589. The van der Waals surface area contributed by atoms with Crippen LogP contribution in [0.5, 0.6) is 0 Å². The van der Waals surface area contributed by atoms with Crippen LogP contribution in [0, 0.1) is 0 Å². The summed E-state index contributed by atoms with van der Waals surface area (Å²) in [6, 6.07) is 9.12. The van der Waals surface area contributed by atoms with Gasteiger partial charge in [-0.3, -0.25) is 4.90 Å². The summed E-state index contributed by atoms with van der Waals surface area (Å²) in [6.45, 7) is 6.57. The molecule has 0 radical (unpaired) electrons. The number of likely N-dealkylation sites (tertiary alicyclic amines) is 1. The van der Waals surface area contributed by atoms with Crippen LogP contribution in [0.1, 0.15) is 32.0 Å². The highest BCUT2D eigenvalue weighted by Gasteiger charge is 2.20. The van der Waals surface area contributed by atoms with E-state index in [9.17, 15) is 0 Å². The Labute approximate surface area is 127 Å². The molecule has 0 bridgehead atoms. The van der Waals surface area contributed by atoms with Crippen molar-refractivity contribution >= 4 is 11.0 Å². The van der Waals surface area contributed by atoms with E-state index in [0.29, 0.717) is 6.04 Å². The predicted octanol–water partition coefficient (Wildman–Crippen LogP) is 2.63. The van der Waals surface area contributed by atoms with E-state index < -0.39 is 0 Å². The Morgan fingerprint density at radius 3 is 3.00 bits per heavy atom. The monoisotopic (exact) mass is 286 g/mol. The zero-order valence-electron chi connectivity index (χ0n) is 13.2. The zero-order chi connectivity index (χ0) is 14.7. The molecular weight excluding hydrogens is 260 g/mol. The third-order valence-corrected chi connectivity index (χ3v) is 4.46. The van der Waals surface area contributed by atoms with Crippen molar-refractivity contribution in [2.24, 2.45) is 0 Å². The highest BCUT2D eigenvalue weighted by atomic mass is 15.2. The van der Waals surface area contributed by atoms with Gasteiger partial charge >= 0.3 is 0 Å². The molecule has 1 saturated heterocycles. The minimum absolute atomic E-state index is 0.628. The van der Waals surface area contributed by atoms with Gasteiger partial charge in [-0.15, -0.1) is 0 Å². The molecule has 1 atom stereocenters. The van der Waals surface area contributed by atoms with E-state index in [1.54, 1.807) is 0 Å². The van der Waals surface area contributed by atoms with Gasteiger partial charge in [0.2, 0.25) is 0 Å². The van der Waals surface area contributed by atoms with E-state index in [1.807, 2.05) is 0 Å². The first-order chi connectivity index (χ1) is 10.3. The Balaban J connectivity index is 1.84. The van der Waals surface area contributed by atoms with Crippen LogP contribution in [0.15, 0.2) is 24.3 Å². The lowest BCUT2D eigenvalue weighted by Gasteiger charge is -2.32. The van der Waals surface area contributed by atoms with Crippen molar-refractivity contribution in [1.82, 2.24) is 19.8 Å². The molecule has 4 heteroatoms. The Morgan fingerprint density at radius 1 is 1.33 bits per heavy atom. The van der Waals surface area contributed by atoms with Crippen molar-refractivity contribution in [3.8, 4) is 0 Å². The SMILES string of the molecule is CCCn1c(CN2CCCC(NC)C2)nc2ccccc21. The maximum absolute atomic E-state index is 4.88. The van der Waals surface area contributed by atoms with Gasteiger partial charge in [-0.2, -0.15) is 0 Å². The summed E-state index contributed by atoms with van der Waals surface area (Å²) < 4.78 is 2.40. The van der Waals surface area contributed by atoms with Gasteiger partial charge in [-0.25, -0.2) is 4.98 Å². The molecule has 1 aliphatic heterocycles. The number of imidazole rings is 1. The van der Waals surface area contributed by atoms with Gasteiger partial charge in [0.15, 0.2) is 0 Å². The third kappa shape index (κ3) is 3.11. The molecule has 114 valence electrons. The summed E-state index contributed by atoms with van der Waals surface area (Å²) in [6.07, 6.45) is 3.71. The van der Waals surface area contributed by atoms with Crippen molar-refractivity contribution in [3.63, 3.8) is 0 Å². The lowest BCUT2D eigenvalue weighted by atomic mass is 10.1. The normalized spacial score (nSPS) is 20.2. The van der Waals surface area contributed by atoms with E-state index in [4.69, 9.17) is 4.98 Å². The standard InChI is InChI=1S/C17H26N4/c1-3-10-21-16-9-5-4-8-15(16)19-17(21)13-20-11-6-7-14(12-20)18-2/h4-5,8-9,14,18H,3,6-7,10-13H2,1-2H3. The molecule has 2 aromatic rings. The highest BCUT2D eigenvalue weighted by Crippen LogP contribution is 2.19. The zero-order valence-corrected chi connectivity index (χ0v) is 13.2. The number of piperidine rings is 1. The minimum atomic E-state index is 0.628. The molecule has 1 fully saturated rings. The van der Waals surface area contributed by atoms with Crippen LogP contribution in [-0.4, -0.2) is 40.6 Å². The number of nitrogens with one attached hydrogen (secondary N) is 1. The lowest BCUT2D eigenvalue weighted by molar-refractivity contribution is 0.182. The fraction of sp³-hybridized carbons (Fsp3) is 0.588. The molecule has 4 nitrogen and oxygen atoms in total.